The van der Waals surface area contributed by atoms with Crippen molar-refractivity contribution in [1.82, 2.24) is 9.97 Å². The molecule has 3 rings (SSSR count). The Labute approximate surface area is 169 Å². The summed E-state index contributed by atoms with van der Waals surface area (Å²) in [6.07, 6.45) is 3.99. The molecule has 3 N–H and O–H groups in total. The number of methoxy groups -OCH3 is 1. The van der Waals surface area contributed by atoms with Gasteiger partial charge in [0.1, 0.15) is 17.0 Å². The number of amides is 1. The smallest absolute Gasteiger partial charge is 0.274 e. The van der Waals surface area contributed by atoms with Crippen LogP contribution in [0.4, 0.5) is 5.69 Å². The fraction of sp³-hybridized carbons (Fsp3) is 0.400. The summed E-state index contributed by atoms with van der Waals surface area (Å²) < 4.78 is 5.09. The third-order valence-corrected chi connectivity index (χ3v) is 5.58. The Balaban J connectivity index is 1.86. The zero-order valence-corrected chi connectivity index (χ0v) is 17.6. The van der Waals surface area contributed by atoms with Crippen LogP contribution in [0.3, 0.4) is 0 Å². The molecule has 1 atom stereocenters. The number of carbonyl (C=O) groups excluding carboxylic acids is 1. The maximum Gasteiger partial charge on any atom is 0.274 e. The maximum absolute atomic E-state index is 12.7. The third-order valence-electron chi connectivity index (χ3n) is 4.58. The summed E-state index contributed by atoms with van der Waals surface area (Å²) in [4.78, 5) is 26.0. The van der Waals surface area contributed by atoms with Crippen LogP contribution in [0.1, 0.15) is 48.9 Å². The SMILES string of the molecule is COc1cnc(C(=O)Nc2ccnc([C@]3(C)CC(C)(C)SC(N)=N3)c2)c(C)c1. The lowest BCUT2D eigenvalue weighted by Gasteiger charge is -2.38. The summed E-state index contributed by atoms with van der Waals surface area (Å²) >= 11 is 1.57. The molecular weight excluding hydrogens is 374 g/mol. The van der Waals surface area contributed by atoms with Crippen LogP contribution >= 0.6 is 11.8 Å². The Hall–Kier alpha value is -2.61. The van der Waals surface area contributed by atoms with Gasteiger partial charge < -0.3 is 15.8 Å². The summed E-state index contributed by atoms with van der Waals surface area (Å²) in [6.45, 7) is 8.12. The molecule has 2 aromatic rings. The highest BCUT2D eigenvalue weighted by Crippen LogP contribution is 2.44. The van der Waals surface area contributed by atoms with E-state index >= 15 is 0 Å². The molecule has 0 saturated carbocycles. The zero-order chi connectivity index (χ0) is 20.5. The lowest BCUT2D eigenvalue weighted by Crippen LogP contribution is -2.38. The third kappa shape index (κ3) is 4.27. The number of nitrogens with two attached hydrogens (primary N) is 1. The first-order valence-corrected chi connectivity index (χ1v) is 9.76. The Bertz CT molecular complexity index is 944. The first kappa shape index (κ1) is 20.1. The number of aromatic nitrogens is 2. The molecule has 0 fully saturated rings. The van der Waals surface area contributed by atoms with Crippen molar-refractivity contribution in [1.29, 1.82) is 0 Å². The molecular formula is C20H25N5O2S. The van der Waals surface area contributed by atoms with Crippen LogP contribution in [0.25, 0.3) is 0 Å². The van der Waals surface area contributed by atoms with E-state index in [1.54, 1.807) is 37.2 Å². The monoisotopic (exact) mass is 399 g/mol. The molecule has 0 saturated heterocycles. The van der Waals surface area contributed by atoms with E-state index < -0.39 is 5.54 Å². The van der Waals surface area contributed by atoms with Crippen LogP contribution in [0.2, 0.25) is 0 Å². The molecule has 1 amide bonds. The standard InChI is InChI=1S/C20H25N5O2S/c1-12-8-14(27-5)10-23-16(12)17(26)24-13-6-7-22-15(9-13)20(4)11-19(2,3)28-18(21)25-20/h6-10H,11H2,1-5H3,(H2,21,25)(H,22,24,26)/t20-/m0/s1. The summed E-state index contributed by atoms with van der Waals surface area (Å²) in [5.41, 5.74) is 8.00. The van der Waals surface area contributed by atoms with Gasteiger partial charge >= 0.3 is 0 Å². The second-order valence-electron chi connectivity index (χ2n) is 7.69. The highest BCUT2D eigenvalue weighted by atomic mass is 32.2. The highest BCUT2D eigenvalue weighted by molar-refractivity contribution is 8.15. The van der Waals surface area contributed by atoms with Crippen LogP contribution in [0, 0.1) is 6.92 Å². The summed E-state index contributed by atoms with van der Waals surface area (Å²) in [5.74, 6) is 0.325. The van der Waals surface area contributed by atoms with Gasteiger partial charge in [0.2, 0.25) is 0 Å². The van der Waals surface area contributed by atoms with Gasteiger partial charge in [0.15, 0.2) is 5.17 Å². The lowest BCUT2D eigenvalue weighted by atomic mass is 9.87. The van der Waals surface area contributed by atoms with Crippen molar-refractivity contribution >= 4 is 28.5 Å². The van der Waals surface area contributed by atoms with Gasteiger partial charge in [0.05, 0.1) is 19.0 Å². The number of aliphatic imine (C=N–C) groups is 1. The van der Waals surface area contributed by atoms with Gasteiger partial charge in [0, 0.05) is 16.6 Å². The van der Waals surface area contributed by atoms with E-state index in [0.29, 0.717) is 22.3 Å². The van der Waals surface area contributed by atoms with Crippen molar-refractivity contribution in [3.05, 3.63) is 47.5 Å². The molecule has 1 aliphatic heterocycles. The Morgan fingerprint density at radius 3 is 2.68 bits per heavy atom. The molecule has 0 aliphatic carbocycles. The van der Waals surface area contributed by atoms with E-state index in [-0.39, 0.29) is 10.7 Å². The second kappa shape index (κ2) is 7.43. The fourth-order valence-electron chi connectivity index (χ4n) is 3.49. The van der Waals surface area contributed by atoms with Gasteiger partial charge in [-0.15, -0.1) is 0 Å². The zero-order valence-electron chi connectivity index (χ0n) is 16.7. The average molecular weight is 400 g/mol. The number of rotatable bonds is 4. The van der Waals surface area contributed by atoms with Gasteiger partial charge in [-0.3, -0.25) is 9.78 Å². The Morgan fingerprint density at radius 2 is 2.04 bits per heavy atom. The maximum atomic E-state index is 12.7. The second-order valence-corrected chi connectivity index (χ2v) is 9.41. The summed E-state index contributed by atoms with van der Waals surface area (Å²) in [5, 5.41) is 3.45. The minimum absolute atomic E-state index is 0.0500. The van der Waals surface area contributed by atoms with Crippen LogP contribution in [0.5, 0.6) is 5.75 Å². The topological polar surface area (TPSA) is 102 Å². The molecule has 8 heteroatoms. The van der Waals surface area contributed by atoms with Crippen molar-refractivity contribution in [3.63, 3.8) is 0 Å². The predicted octanol–water partition coefficient (Wildman–Crippen LogP) is 3.49. The summed E-state index contributed by atoms with van der Waals surface area (Å²) in [6, 6.07) is 5.37. The van der Waals surface area contributed by atoms with Crippen LogP contribution < -0.4 is 15.8 Å². The van der Waals surface area contributed by atoms with Crippen LogP contribution in [-0.2, 0) is 5.54 Å². The minimum Gasteiger partial charge on any atom is -0.495 e. The molecule has 7 nitrogen and oxygen atoms in total. The molecule has 0 unspecified atom stereocenters. The molecule has 3 heterocycles. The number of hydrogen-bond acceptors (Lipinski definition) is 7. The van der Waals surface area contributed by atoms with E-state index in [4.69, 9.17) is 10.5 Å². The number of nitrogens with one attached hydrogen (secondary N) is 1. The van der Waals surface area contributed by atoms with E-state index in [1.807, 2.05) is 19.9 Å². The fourth-order valence-corrected chi connectivity index (χ4v) is 4.66. The van der Waals surface area contributed by atoms with Gasteiger partial charge in [-0.1, -0.05) is 25.6 Å². The number of nitrogens with zero attached hydrogens (tertiary/aromatic N) is 3. The number of amidine groups is 1. The molecule has 0 spiro atoms. The van der Waals surface area contributed by atoms with E-state index in [0.717, 1.165) is 17.7 Å². The Kier molecular flexibility index (Phi) is 5.34. The average Bonchev–Trinajstić information content (AvgIpc) is 2.59. The Morgan fingerprint density at radius 1 is 1.29 bits per heavy atom. The lowest BCUT2D eigenvalue weighted by molar-refractivity contribution is 0.102. The first-order chi connectivity index (χ1) is 13.1. The van der Waals surface area contributed by atoms with Crippen molar-refractivity contribution < 1.29 is 9.53 Å². The molecule has 148 valence electrons. The first-order valence-electron chi connectivity index (χ1n) is 8.95. The normalized spacial score (nSPS) is 21.0. The van der Waals surface area contributed by atoms with E-state index in [1.165, 1.54) is 6.20 Å². The van der Waals surface area contributed by atoms with Crippen molar-refractivity contribution in [2.75, 3.05) is 12.4 Å². The highest BCUT2D eigenvalue weighted by Gasteiger charge is 2.40. The van der Waals surface area contributed by atoms with Crippen molar-refractivity contribution in [3.8, 4) is 5.75 Å². The van der Waals surface area contributed by atoms with E-state index in [9.17, 15) is 4.79 Å². The quantitative estimate of drug-likeness (QED) is 0.816. The van der Waals surface area contributed by atoms with Gasteiger partial charge in [-0.2, -0.15) is 0 Å². The van der Waals surface area contributed by atoms with Crippen LogP contribution in [-0.4, -0.2) is 32.9 Å². The number of aryl methyl sites for hydroxylation is 1. The number of carbonyl (C=O) groups is 1. The largest absolute Gasteiger partial charge is 0.495 e. The van der Waals surface area contributed by atoms with Crippen LogP contribution in [0.15, 0.2) is 35.6 Å². The number of thioether (sulfide) groups is 1. The molecule has 1 aliphatic rings. The minimum atomic E-state index is -0.548. The van der Waals surface area contributed by atoms with Gasteiger partial charge in [-0.05, 0) is 44.0 Å². The van der Waals surface area contributed by atoms with E-state index in [2.05, 4.69) is 34.1 Å². The number of hydrogen-bond donors (Lipinski definition) is 2. The number of pyridine rings is 2. The predicted molar refractivity (Wildman–Crippen MR) is 113 cm³/mol. The number of ether oxygens (including phenoxy) is 1. The van der Waals surface area contributed by atoms with Crippen molar-refractivity contribution in [2.45, 2.75) is 44.4 Å². The molecule has 2 aromatic heterocycles. The molecule has 28 heavy (non-hydrogen) atoms. The molecule has 0 radical (unpaired) electrons. The van der Waals surface area contributed by atoms with Crippen molar-refractivity contribution in [2.24, 2.45) is 10.7 Å². The van der Waals surface area contributed by atoms with Gasteiger partial charge in [-0.25, -0.2) is 9.98 Å². The summed E-state index contributed by atoms with van der Waals surface area (Å²) in [7, 11) is 1.57. The van der Waals surface area contributed by atoms with Gasteiger partial charge in [0.25, 0.3) is 5.91 Å². The molecule has 0 bridgehead atoms. The number of anilines is 1. The molecule has 0 aromatic carbocycles.